The summed E-state index contributed by atoms with van der Waals surface area (Å²) >= 11 is 3.29. The Bertz CT molecular complexity index is 515. The molecule has 0 amide bonds. The van der Waals surface area contributed by atoms with E-state index < -0.39 is 10.0 Å². The van der Waals surface area contributed by atoms with Crippen molar-refractivity contribution in [2.75, 3.05) is 20.6 Å². The van der Waals surface area contributed by atoms with Gasteiger partial charge in [-0.2, -0.15) is 0 Å². The number of rotatable bonds is 5. The van der Waals surface area contributed by atoms with Crippen LogP contribution in [0, 0.1) is 6.92 Å². The lowest BCUT2D eigenvalue weighted by Gasteiger charge is -2.20. The lowest BCUT2D eigenvalue weighted by molar-refractivity contribution is 0.314. The summed E-state index contributed by atoms with van der Waals surface area (Å²) in [5.74, 6) is 0. The molecule has 0 radical (unpaired) electrons. The minimum atomic E-state index is -3.46. The normalized spacial score (nSPS) is 13.9. The fraction of sp³-hybridized carbons (Fsp3) is 0.500. The van der Waals surface area contributed by atoms with Gasteiger partial charge in [-0.15, -0.1) is 0 Å². The molecule has 0 saturated carbocycles. The number of hydrogen-bond acceptors (Lipinski definition) is 3. The Labute approximate surface area is 118 Å². The maximum Gasteiger partial charge on any atom is 0.241 e. The zero-order valence-corrected chi connectivity index (χ0v) is 13.5. The number of benzene rings is 1. The van der Waals surface area contributed by atoms with E-state index in [1.165, 1.54) is 0 Å². The minimum Gasteiger partial charge on any atom is -0.305 e. The first-order valence-electron chi connectivity index (χ1n) is 5.66. The number of nitrogens with one attached hydrogen (secondary N) is 1. The molecule has 1 rings (SSSR count). The third kappa shape index (κ3) is 4.05. The first kappa shape index (κ1) is 15.6. The molecule has 0 bridgehead atoms. The number of halogens is 1. The standard InChI is InChI=1S/C12H19BrN2O2S/c1-9-5-6-12(11(13)7-9)18(16,17)14-8-10(2)15(3)4/h5-7,10,14H,8H2,1-4H3/t10-/m1/s1. The van der Waals surface area contributed by atoms with Gasteiger partial charge in [-0.25, -0.2) is 13.1 Å². The number of aryl methyl sites for hydroxylation is 1. The van der Waals surface area contributed by atoms with Crippen LogP contribution in [0.1, 0.15) is 12.5 Å². The van der Waals surface area contributed by atoms with E-state index in [-0.39, 0.29) is 10.9 Å². The summed E-state index contributed by atoms with van der Waals surface area (Å²) in [6.07, 6.45) is 0. The Morgan fingerprint density at radius 3 is 2.50 bits per heavy atom. The summed E-state index contributed by atoms with van der Waals surface area (Å²) in [5, 5.41) is 0. The van der Waals surface area contributed by atoms with Gasteiger partial charge in [-0.1, -0.05) is 6.07 Å². The van der Waals surface area contributed by atoms with Gasteiger partial charge in [0.25, 0.3) is 0 Å². The summed E-state index contributed by atoms with van der Waals surface area (Å²) in [4.78, 5) is 2.24. The number of likely N-dealkylation sites (N-methyl/N-ethyl adjacent to an activating group) is 1. The highest BCUT2D eigenvalue weighted by Crippen LogP contribution is 2.22. The van der Waals surface area contributed by atoms with Gasteiger partial charge in [0.1, 0.15) is 0 Å². The highest BCUT2D eigenvalue weighted by molar-refractivity contribution is 9.10. The van der Waals surface area contributed by atoms with Crippen molar-refractivity contribution in [2.24, 2.45) is 0 Å². The predicted molar refractivity (Wildman–Crippen MR) is 77.2 cm³/mol. The largest absolute Gasteiger partial charge is 0.305 e. The molecular formula is C12H19BrN2O2S. The van der Waals surface area contributed by atoms with Gasteiger partial charge in [0, 0.05) is 17.1 Å². The Hall–Kier alpha value is -0.430. The Kier molecular flexibility index (Phi) is 5.33. The molecule has 102 valence electrons. The molecule has 0 unspecified atom stereocenters. The van der Waals surface area contributed by atoms with Crippen molar-refractivity contribution in [3.63, 3.8) is 0 Å². The maximum absolute atomic E-state index is 12.1. The molecule has 0 aliphatic carbocycles. The molecule has 1 N–H and O–H groups in total. The van der Waals surface area contributed by atoms with Crippen LogP contribution in [0.2, 0.25) is 0 Å². The Morgan fingerprint density at radius 1 is 1.39 bits per heavy atom. The average Bonchev–Trinajstić information content (AvgIpc) is 2.25. The molecule has 0 aromatic heterocycles. The lowest BCUT2D eigenvalue weighted by atomic mass is 10.2. The molecule has 1 atom stereocenters. The van der Waals surface area contributed by atoms with Crippen LogP contribution in [-0.4, -0.2) is 40.0 Å². The van der Waals surface area contributed by atoms with E-state index in [2.05, 4.69) is 20.7 Å². The second kappa shape index (κ2) is 6.14. The van der Waals surface area contributed by atoms with Crippen LogP contribution in [0.4, 0.5) is 0 Å². The molecule has 0 aliphatic rings. The third-order valence-electron chi connectivity index (χ3n) is 2.83. The summed E-state index contributed by atoms with van der Waals surface area (Å²) in [5.41, 5.74) is 1.02. The summed E-state index contributed by atoms with van der Waals surface area (Å²) in [6.45, 7) is 4.27. The highest BCUT2D eigenvalue weighted by Gasteiger charge is 2.18. The van der Waals surface area contributed by atoms with Crippen LogP contribution >= 0.6 is 15.9 Å². The second-order valence-electron chi connectivity index (χ2n) is 4.60. The zero-order valence-electron chi connectivity index (χ0n) is 11.1. The van der Waals surface area contributed by atoms with Gasteiger partial charge < -0.3 is 4.90 Å². The quantitative estimate of drug-likeness (QED) is 0.895. The van der Waals surface area contributed by atoms with E-state index in [0.717, 1.165) is 5.56 Å². The number of hydrogen-bond donors (Lipinski definition) is 1. The molecular weight excluding hydrogens is 316 g/mol. The lowest BCUT2D eigenvalue weighted by Crippen LogP contribution is -2.38. The predicted octanol–water partition coefficient (Wildman–Crippen LogP) is 1.99. The van der Waals surface area contributed by atoms with Crippen molar-refractivity contribution in [1.29, 1.82) is 0 Å². The van der Waals surface area contributed by atoms with Crippen LogP contribution in [-0.2, 0) is 10.0 Å². The SMILES string of the molecule is Cc1ccc(S(=O)(=O)NC[C@@H](C)N(C)C)c(Br)c1. The van der Waals surface area contributed by atoms with Crippen LogP contribution < -0.4 is 4.72 Å². The first-order chi connectivity index (χ1) is 8.24. The highest BCUT2D eigenvalue weighted by atomic mass is 79.9. The van der Waals surface area contributed by atoms with Crippen molar-refractivity contribution in [3.8, 4) is 0 Å². The molecule has 4 nitrogen and oxygen atoms in total. The monoisotopic (exact) mass is 334 g/mol. The summed E-state index contributed by atoms with van der Waals surface area (Å²) < 4.78 is 27.5. The molecule has 1 aromatic rings. The van der Waals surface area contributed by atoms with Crippen LogP contribution in [0.15, 0.2) is 27.6 Å². The maximum atomic E-state index is 12.1. The van der Waals surface area contributed by atoms with Crippen molar-refractivity contribution < 1.29 is 8.42 Å². The molecule has 0 heterocycles. The van der Waals surface area contributed by atoms with Gasteiger partial charge in [0.05, 0.1) is 4.90 Å². The van der Waals surface area contributed by atoms with E-state index in [1.807, 2.05) is 32.8 Å². The van der Waals surface area contributed by atoms with Crippen LogP contribution in [0.5, 0.6) is 0 Å². The van der Waals surface area contributed by atoms with E-state index in [4.69, 9.17) is 0 Å². The van der Waals surface area contributed by atoms with Crippen molar-refractivity contribution in [1.82, 2.24) is 9.62 Å². The van der Waals surface area contributed by atoms with Crippen molar-refractivity contribution >= 4 is 26.0 Å². The topological polar surface area (TPSA) is 49.4 Å². The van der Waals surface area contributed by atoms with E-state index in [0.29, 0.717) is 11.0 Å². The van der Waals surface area contributed by atoms with Crippen molar-refractivity contribution in [3.05, 3.63) is 28.2 Å². The average molecular weight is 335 g/mol. The van der Waals surface area contributed by atoms with Crippen molar-refractivity contribution in [2.45, 2.75) is 24.8 Å². The van der Waals surface area contributed by atoms with E-state index in [1.54, 1.807) is 18.2 Å². The van der Waals surface area contributed by atoms with Gasteiger partial charge in [0.15, 0.2) is 0 Å². The van der Waals surface area contributed by atoms with Crippen LogP contribution in [0.3, 0.4) is 0 Å². The Morgan fingerprint density at radius 2 is 2.00 bits per heavy atom. The molecule has 1 aromatic carbocycles. The van der Waals surface area contributed by atoms with E-state index >= 15 is 0 Å². The molecule has 0 fully saturated rings. The van der Waals surface area contributed by atoms with Gasteiger partial charge in [-0.05, 0) is 61.6 Å². The fourth-order valence-corrected chi connectivity index (χ4v) is 3.63. The second-order valence-corrected chi connectivity index (χ2v) is 7.19. The zero-order chi connectivity index (χ0) is 13.9. The fourth-order valence-electron chi connectivity index (χ4n) is 1.31. The van der Waals surface area contributed by atoms with E-state index in [9.17, 15) is 8.42 Å². The third-order valence-corrected chi connectivity index (χ3v) is 5.23. The first-order valence-corrected chi connectivity index (χ1v) is 7.94. The van der Waals surface area contributed by atoms with Gasteiger partial charge >= 0.3 is 0 Å². The molecule has 6 heteroatoms. The summed E-state index contributed by atoms with van der Waals surface area (Å²) in [6, 6.07) is 5.34. The van der Waals surface area contributed by atoms with Crippen LogP contribution in [0.25, 0.3) is 0 Å². The molecule has 0 aliphatic heterocycles. The number of nitrogens with zero attached hydrogens (tertiary/aromatic N) is 1. The molecule has 0 spiro atoms. The minimum absolute atomic E-state index is 0.143. The number of sulfonamides is 1. The Balaban J connectivity index is 2.87. The van der Waals surface area contributed by atoms with Gasteiger partial charge in [0.2, 0.25) is 10.0 Å². The van der Waals surface area contributed by atoms with Gasteiger partial charge in [-0.3, -0.25) is 0 Å². The smallest absolute Gasteiger partial charge is 0.241 e. The summed E-state index contributed by atoms with van der Waals surface area (Å²) in [7, 11) is 0.375. The molecule has 0 saturated heterocycles. The molecule has 18 heavy (non-hydrogen) atoms.